The first kappa shape index (κ1) is 39.5. The van der Waals surface area contributed by atoms with Crippen LogP contribution in [0.25, 0.3) is 0 Å². The number of unbranched alkanes of at least 4 members (excludes halogenated alkanes) is 1. The van der Waals surface area contributed by atoms with Gasteiger partial charge in [-0.25, -0.2) is 4.79 Å². The number of carbonyl (C=O) groups is 2. The minimum Gasteiger partial charge on any atom is -0.382 e. The number of carbonyl (C=O) groups excluding carboxylic acids is 2. The molecule has 48 heavy (non-hydrogen) atoms. The van der Waals surface area contributed by atoms with Crippen molar-refractivity contribution >= 4 is 11.9 Å². The van der Waals surface area contributed by atoms with Gasteiger partial charge in [0, 0.05) is 19.7 Å². The summed E-state index contributed by atoms with van der Waals surface area (Å²) in [5.41, 5.74) is 5.25. The van der Waals surface area contributed by atoms with Crippen LogP contribution in [0, 0.1) is 5.41 Å². The molecule has 2 aromatic rings. The quantitative estimate of drug-likeness (QED) is 0.102. The van der Waals surface area contributed by atoms with Crippen LogP contribution in [-0.4, -0.2) is 104 Å². The van der Waals surface area contributed by atoms with Crippen LogP contribution < -0.4 is 10.8 Å². The lowest BCUT2D eigenvalue weighted by Gasteiger charge is -2.19. The van der Waals surface area contributed by atoms with Crippen LogP contribution in [0.5, 0.6) is 0 Å². The molecule has 0 bridgehead atoms. The molecule has 0 aliphatic heterocycles. The molecule has 0 heterocycles. The number of nitrogens with one attached hydrogen (secondary N) is 2. The Balaban J connectivity index is 1.14. The Labute approximate surface area is 286 Å². The average molecular weight is 673 g/mol. The fraction of sp³-hybridized carbons (Fsp3) is 0.622. The van der Waals surface area contributed by atoms with Gasteiger partial charge in [0.2, 0.25) is 0 Å². The highest BCUT2D eigenvalue weighted by atomic mass is 16.7. The van der Waals surface area contributed by atoms with Gasteiger partial charge in [-0.05, 0) is 62.1 Å². The predicted octanol–water partition coefficient (Wildman–Crippen LogP) is 3.86. The topological polar surface area (TPSA) is 123 Å². The zero-order valence-electron chi connectivity index (χ0n) is 28.9. The van der Waals surface area contributed by atoms with Gasteiger partial charge in [-0.3, -0.25) is 4.79 Å². The number of ether oxygens (including phenoxy) is 6. The van der Waals surface area contributed by atoms with Crippen molar-refractivity contribution in [1.82, 2.24) is 10.8 Å². The van der Waals surface area contributed by atoms with E-state index in [1.165, 1.54) is 11.1 Å². The van der Waals surface area contributed by atoms with Crippen LogP contribution in [0.3, 0.4) is 0 Å². The monoisotopic (exact) mass is 672 g/mol. The predicted molar refractivity (Wildman–Crippen MR) is 183 cm³/mol. The summed E-state index contributed by atoms with van der Waals surface area (Å²) in [4.78, 5) is 30.4. The van der Waals surface area contributed by atoms with Crippen molar-refractivity contribution in [2.75, 3.05) is 86.3 Å². The zero-order valence-corrected chi connectivity index (χ0v) is 28.9. The summed E-state index contributed by atoms with van der Waals surface area (Å²) in [6.07, 6.45) is 5.95. The highest BCUT2D eigenvalue weighted by Crippen LogP contribution is 2.46. The van der Waals surface area contributed by atoms with Crippen LogP contribution in [0.2, 0.25) is 0 Å². The molecule has 2 aromatic carbocycles. The van der Waals surface area contributed by atoms with Crippen molar-refractivity contribution in [3.8, 4) is 0 Å². The Morgan fingerprint density at radius 3 is 1.73 bits per heavy atom. The minimum atomic E-state index is -0.601. The summed E-state index contributed by atoms with van der Waals surface area (Å²) in [6.45, 7) is 8.13. The fourth-order valence-corrected chi connectivity index (χ4v) is 4.87. The number of aryl methyl sites for hydroxylation is 2. The zero-order chi connectivity index (χ0) is 34.1. The van der Waals surface area contributed by atoms with E-state index in [0.29, 0.717) is 79.2 Å². The second-order valence-corrected chi connectivity index (χ2v) is 12.2. The number of rotatable bonds is 28. The normalized spacial score (nSPS) is 14.0. The van der Waals surface area contributed by atoms with Crippen molar-refractivity contribution in [1.29, 1.82) is 0 Å². The van der Waals surface area contributed by atoms with Crippen LogP contribution in [0.4, 0.5) is 0 Å². The minimum absolute atomic E-state index is 0.0467. The number of hydrogen-bond acceptors (Lipinski definition) is 10. The molecule has 1 atom stereocenters. The number of hydrogen-bond donors (Lipinski definition) is 2. The van der Waals surface area contributed by atoms with Gasteiger partial charge in [0.1, 0.15) is 0 Å². The first-order valence-electron chi connectivity index (χ1n) is 17.2. The molecule has 0 aromatic heterocycles. The third kappa shape index (κ3) is 17.5. The van der Waals surface area contributed by atoms with Gasteiger partial charge in [-0.15, -0.1) is 0 Å². The first-order chi connectivity index (χ1) is 23.5. The molecule has 0 spiro atoms. The Kier molecular flexibility index (Phi) is 20.0. The molecule has 1 fully saturated rings. The SMILES string of the molecule is COCCOCCOCCOCCOCCOCC(C)NCC1(C(=O)ONC(=O)Cc2ccc(CCCCc3ccccc3)cc2)CC1. The molecular weight excluding hydrogens is 616 g/mol. The van der Waals surface area contributed by atoms with Crippen molar-refractivity contribution in [3.63, 3.8) is 0 Å². The van der Waals surface area contributed by atoms with Gasteiger partial charge >= 0.3 is 5.97 Å². The van der Waals surface area contributed by atoms with E-state index in [4.69, 9.17) is 33.3 Å². The second kappa shape index (κ2) is 24.3. The Morgan fingerprint density at radius 2 is 1.19 bits per heavy atom. The van der Waals surface area contributed by atoms with Gasteiger partial charge < -0.3 is 38.6 Å². The maximum Gasteiger partial charge on any atom is 0.339 e. The molecule has 3 rings (SSSR count). The van der Waals surface area contributed by atoms with Crippen LogP contribution in [-0.2, 0) is 62.1 Å². The average Bonchev–Trinajstić information content (AvgIpc) is 3.90. The highest BCUT2D eigenvalue weighted by molar-refractivity contribution is 5.83. The van der Waals surface area contributed by atoms with E-state index in [2.05, 4.69) is 47.2 Å². The van der Waals surface area contributed by atoms with Crippen LogP contribution in [0.1, 0.15) is 49.3 Å². The van der Waals surface area contributed by atoms with Crippen molar-refractivity contribution < 1.29 is 42.8 Å². The lowest BCUT2D eigenvalue weighted by atomic mass is 10.0. The summed E-state index contributed by atoms with van der Waals surface area (Å²) in [5.74, 6) is -0.751. The van der Waals surface area contributed by atoms with E-state index >= 15 is 0 Å². The molecule has 1 unspecified atom stereocenters. The van der Waals surface area contributed by atoms with Crippen LogP contribution in [0.15, 0.2) is 54.6 Å². The number of hydroxylamine groups is 1. The van der Waals surface area contributed by atoms with Gasteiger partial charge in [0.15, 0.2) is 0 Å². The maximum atomic E-state index is 12.7. The number of benzene rings is 2. The number of methoxy groups -OCH3 is 1. The van der Waals surface area contributed by atoms with Gasteiger partial charge in [0.25, 0.3) is 5.91 Å². The molecular formula is C37H56N2O9. The van der Waals surface area contributed by atoms with Gasteiger partial charge in [-0.1, -0.05) is 54.6 Å². The lowest BCUT2D eigenvalue weighted by molar-refractivity contribution is -0.163. The Bertz CT molecular complexity index is 1130. The lowest BCUT2D eigenvalue weighted by Crippen LogP contribution is -2.41. The Hall–Kier alpha value is -2.90. The summed E-state index contributed by atoms with van der Waals surface area (Å²) >= 11 is 0. The van der Waals surface area contributed by atoms with Gasteiger partial charge in [-0.2, -0.15) is 5.48 Å². The molecule has 268 valence electrons. The summed E-state index contributed by atoms with van der Waals surface area (Å²) in [6, 6.07) is 18.6. The van der Waals surface area contributed by atoms with Crippen molar-refractivity contribution in [2.24, 2.45) is 5.41 Å². The molecule has 11 nitrogen and oxygen atoms in total. The largest absolute Gasteiger partial charge is 0.382 e. The smallest absolute Gasteiger partial charge is 0.339 e. The van der Waals surface area contributed by atoms with E-state index < -0.39 is 11.4 Å². The molecule has 1 amide bonds. The maximum absolute atomic E-state index is 12.7. The van der Waals surface area contributed by atoms with Gasteiger partial charge in [0.05, 0.1) is 84.5 Å². The molecule has 2 N–H and O–H groups in total. The van der Waals surface area contributed by atoms with Crippen molar-refractivity contribution in [2.45, 2.75) is 57.9 Å². The van der Waals surface area contributed by atoms with Crippen molar-refractivity contribution in [3.05, 3.63) is 71.3 Å². The highest BCUT2D eigenvalue weighted by Gasteiger charge is 2.51. The van der Waals surface area contributed by atoms with E-state index in [1.807, 2.05) is 25.1 Å². The van der Waals surface area contributed by atoms with E-state index in [9.17, 15) is 9.59 Å². The number of amides is 1. The summed E-state index contributed by atoms with van der Waals surface area (Å²) < 4.78 is 32.3. The fourth-order valence-electron chi connectivity index (χ4n) is 4.87. The molecule has 0 radical (unpaired) electrons. The summed E-state index contributed by atoms with van der Waals surface area (Å²) in [7, 11) is 1.64. The molecule has 1 aliphatic rings. The molecule has 1 saturated carbocycles. The van der Waals surface area contributed by atoms with Crippen LogP contribution >= 0.6 is 0 Å². The van der Waals surface area contributed by atoms with E-state index in [0.717, 1.165) is 44.1 Å². The molecule has 0 saturated heterocycles. The van der Waals surface area contributed by atoms with E-state index in [1.54, 1.807) is 7.11 Å². The third-order valence-corrected chi connectivity index (χ3v) is 8.03. The Morgan fingerprint density at radius 1 is 0.688 bits per heavy atom. The standard InChI is InChI=1S/C37H56N2O9/c1-31(29-47-27-26-46-25-24-45-23-22-44-21-20-43-19-18-42-2)38-30-37(16-17-37)36(41)48-39-35(40)28-34-14-12-33(13-15-34)11-7-6-10-32-8-4-3-5-9-32/h3-5,8-9,12-15,31,38H,6-7,10-11,16-30H2,1-2H3,(H,39,40). The van der Waals surface area contributed by atoms with E-state index in [-0.39, 0.29) is 18.4 Å². The molecule has 11 heteroatoms. The third-order valence-electron chi connectivity index (χ3n) is 8.03. The summed E-state index contributed by atoms with van der Waals surface area (Å²) in [5, 5.41) is 3.35. The second-order valence-electron chi connectivity index (χ2n) is 12.2. The molecule has 1 aliphatic carbocycles. The first-order valence-corrected chi connectivity index (χ1v) is 17.2.